The zero-order chi connectivity index (χ0) is 15.0. The minimum absolute atomic E-state index is 0.823. The lowest BCUT2D eigenvalue weighted by Crippen LogP contribution is -2.02. The molecule has 2 aromatic rings. The van der Waals surface area contributed by atoms with Crippen LogP contribution in [0, 0.1) is 25.2 Å². The van der Waals surface area contributed by atoms with Gasteiger partial charge in [-0.3, -0.25) is 0 Å². The molecule has 1 aliphatic carbocycles. The zero-order valence-corrected chi connectivity index (χ0v) is 13.0. The summed E-state index contributed by atoms with van der Waals surface area (Å²) in [4.78, 5) is 1.36. The SMILES string of the molecule is Cc1cc(/C=N\O)c(C)n1-c1sc2c(c1C#N)CCCC2. The van der Waals surface area contributed by atoms with Crippen LogP contribution in [0.3, 0.4) is 0 Å². The Kier molecular flexibility index (Phi) is 3.56. The highest BCUT2D eigenvalue weighted by Crippen LogP contribution is 2.38. The topological polar surface area (TPSA) is 61.3 Å². The molecule has 0 aliphatic heterocycles. The molecule has 0 radical (unpaired) electrons. The second kappa shape index (κ2) is 5.38. The smallest absolute Gasteiger partial charge is 0.118 e. The fraction of sp³-hybridized carbons (Fsp3) is 0.375. The Morgan fingerprint density at radius 3 is 2.86 bits per heavy atom. The number of fused-ring (bicyclic) bond motifs is 1. The number of hydrogen-bond donors (Lipinski definition) is 1. The molecule has 2 heterocycles. The van der Waals surface area contributed by atoms with E-state index in [2.05, 4.69) is 15.8 Å². The minimum atomic E-state index is 0.823. The average Bonchev–Trinajstić information content (AvgIpc) is 2.97. The molecule has 1 aliphatic rings. The number of oxime groups is 1. The monoisotopic (exact) mass is 299 g/mol. The maximum absolute atomic E-state index is 9.59. The van der Waals surface area contributed by atoms with E-state index >= 15 is 0 Å². The molecule has 0 bridgehead atoms. The van der Waals surface area contributed by atoms with Gasteiger partial charge in [0.15, 0.2) is 0 Å². The summed E-state index contributed by atoms with van der Waals surface area (Å²) in [5.74, 6) is 0. The van der Waals surface area contributed by atoms with Gasteiger partial charge in [-0.25, -0.2) is 0 Å². The molecule has 0 spiro atoms. The van der Waals surface area contributed by atoms with E-state index in [4.69, 9.17) is 5.21 Å². The molecule has 0 fully saturated rings. The Hall–Kier alpha value is -2.06. The molecule has 4 nitrogen and oxygen atoms in total. The molecule has 108 valence electrons. The molecule has 21 heavy (non-hydrogen) atoms. The van der Waals surface area contributed by atoms with E-state index in [-0.39, 0.29) is 0 Å². The summed E-state index contributed by atoms with van der Waals surface area (Å²) in [6, 6.07) is 4.39. The standard InChI is InChI=1S/C16H17N3OS/c1-10-7-12(9-18-20)11(2)19(10)16-14(8-17)13-5-3-4-6-15(13)21-16/h7,9,20H,3-6H2,1-2H3/b18-9-. The van der Waals surface area contributed by atoms with Crippen LogP contribution in [0.25, 0.3) is 5.00 Å². The Labute approximate surface area is 127 Å². The van der Waals surface area contributed by atoms with Crippen molar-refractivity contribution < 1.29 is 5.21 Å². The van der Waals surface area contributed by atoms with Crippen LogP contribution in [0.2, 0.25) is 0 Å². The van der Waals surface area contributed by atoms with Gasteiger partial charge in [0.05, 0.1) is 11.8 Å². The van der Waals surface area contributed by atoms with Crippen LogP contribution in [0.4, 0.5) is 0 Å². The van der Waals surface area contributed by atoms with Crippen molar-refractivity contribution in [1.29, 1.82) is 5.26 Å². The first-order chi connectivity index (χ1) is 10.2. The van der Waals surface area contributed by atoms with Gasteiger partial charge >= 0.3 is 0 Å². The van der Waals surface area contributed by atoms with Crippen molar-refractivity contribution >= 4 is 17.6 Å². The van der Waals surface area contributed by atoms with Crippen LogP contribution in [-0.2, 0) is 12.8 Å². The van der Waals surface area contributed by atoms with Crippen LogP contribution in [0.1, 0.15) is 45.8 Å². The molecule has 0 saturated carbocycles. The van der Waals surface area contributed by atoms with Crippen molar-refractivity contribution in [2.24, 2.45) is 5.16 Å². The number of aromatic nitrogens is 1. The summed E-state index contributed by atoms with van der Waals surface area (Å²) in [7, 11) is 0. The van der Waals surface area contributed by atoms with Crippen molar-refractivity contribution in [1.82, 2.24) is 4.57 Å². The van der Waals surface area contributed by atoms with Gasteiger partial charge in [0.1, 0.15) is 11.1 Å². The number of thiophene rings is 1. The van der Waals surface area contributed by atoms with E-state index < -0.39 is 0 Å². The Balaban J connectivity index is 2.22. The molecule has 0 saturated heterocycles. The normalized spacial score (nSPS) is 14.3. The van der Waals surface area contributed by atoms with Gasteiger partial charge in [0.25, 0.3) is 0 Å². The lowest BCUT2D eigenvalue weighted by Gasteiger charge is -2.10. The summed E-state index contributed by atoms with van der Waals surface area (Å²) in [6.45, 7) is 4.01. The van der Waals surface area contributed by atoms with Crippen molar-refractivity contribution in [2.45, 2.75) is 39.5 Å². The van der Waals surface area contributed by atoms with E-state index in [9.17, 15) is 5.26 Å². The number of nitriles is 1. The first-order valence-corrected chi connectivity index (χ1v) is 7.90. The average molecular weight is 299 g/mol. The second-order valence-electron chi connectivity index (χ2n) is 5.41. The van der Waals surface area contributed by atoms with Crippen LogP contribution in [0.15, 0.2) is 11.2 Å². The van der Waals surface area contributed by atoms with Gasteiger partial charge in [-0.1, -0.05) is 5.16 Å². The summed E-state index contributed by atoms with van der Waals surface area (Å²) in [6.07, 6.45) is 5.92. The van der Waals surface area contributed by atoms with Crippen LogP contribution >= 0.6 is 11.3 Å². The molecular weight excluding hydrogens is 282 g/mol. The molecule has 0 aromatic carbocycles. The number of nitrogens with zero attached hydrogens (tertiary/aromatic N) is 3. The molecule has 0 atom stereocenters. The van der Waals surface area contributed by atoms with E-state index in [1.165, 1.54) is 29.5 Å². The first kappa shape index (κ1) is 13.9. The van der Waals surface area contributed by atoms with Crippen molar-refractivity contribution in [3.63, 3.8) is 0 Å². The van der Waals surface area contributed by atoms with Crippen molar-refractivity contribution in [3.8, 4) is 11.1 Å². The lowest BCUT2D eigenvalue weighted by atomic mass is 9.96. The van der Waals surface area contributed by atoms with Gasteiger partial charge in [0.2, 0.25) is 0 Å². The Morgan fingerprint density at radius 2 is 2.14 bits per heavy atom. The molecule has 0 amide bonds. The van der Waals surface area contributed by atoms with E-state index in [0.717, 1.165) is 40.4 Å². The highest BCUT2D eigenvalue weighted by molar-refractivity contribution is 7.15. The largest absolute Gasteiger partial charge is 0.411 e. The van der Waals surface area contributed by atoms with Gasteiger partial charge in [-0.05, 0) is 51.2 Å². The summed E-state index contributed by atoms with van der Waals surface area (Å²) >= 11 is 1.73. The maximum atomic E-state index is 9.59. The second-order valence-corrected chi connectivity index (χ2v) is 6.49. The quantitative estimate of drug-likeness (QED) is 0.522. The fourth-order valence-electron chi connectivity index (χ4n) is 3.12. The summed E-state index contributed by atoms with van der Waals surface area (Å²) in [5, 5.41) is 22.5. The molecule has 2 aromatic heterocycles. The van der Waals surface area contributed by atoms with E-state index in [0.29, 0.717) is 0 Å². The predicted molar refractivity (Wildman–Crippen MR) is 83.9 cm³/mol. The van der Waals surface area contributed by atoms with Crippen molar-refractivity contribution in [3.05, 3.63) is 39.0 Å². The van der Waals surface area contributed by atoms with Crippen molar-refractivity contribution in [2.75, 3.05) is 0 Å². The zero-order valence-electron chi connectivity index (χ0n) is 12.2. The highest BCUT2D eigenvalue weighted by atomic mass is 32.1. The van der Waals surface area contributed by atoms with Gasteiger partial charge < -0.3 is 9.77 Å². The molecule has 5 heteroatoms. The third kappa shape index (κ3) is 2.16. The van der Waals surface area contributed by atoms with Gasteiger partial charge in [-0.2, -0.15) is 5.26 Å². The third-order valence-electron chi connectivity index (χ3n) is 4.13. The van der Waals surface area contributed by atoms with E-state index in [1.807, 2.05) is 19.9 Å². The van der Waals surface area contributed by atoms with Gasteiger partial charge in [-0.15, -0.1) is 11.3 Å². The van der Waals surface area contributed by atoms with Gasteiger partial charge in [0, 0.05) is 21.8 Å². The molecule has 3 rings (SSSR count). The van der Waals surface area contributed by atoms with Crippen LogP contribution < -0.4 is 0 Å². The Morgan fingerprint density at radius 1 is 1.38 bits per heavy atom. The lowest BCUT2D eigenvalue weighted by molar-refractivity contribution is 0.322. The molecule has 0 unspecified atom stereocenters. The maximum Gasteiger partial charge on any atom is 0.118 e. The number of aryl methyl sites for hydroxylation is 2. The molecule has 1 N–H and O–H groups in total. The third-order valence-corrected chi connectivity index (χ3v) is 5.41. The van der Waals surface area contributed by atoms with Crippen LogP contribution in [-0.4, -0.2) is 16.0 Å². The number of hydrogen-bond acceptors (Lipinski definition) is 4. The summed E-state index contributed by atoms with van der Waals surface area (Å²) in [5.41, 5.74) is 5.00. The first-order valence-electron chi connectivity index (χ1n) is 7.08. The minimum Gasteiger partial charge on any atom is -0.411 e. The summed E-state index contributed by atoms with van der Waals surface area (Å²) < 4.78 is 2.11. The number of rotatable bonds is 2. The highest BCUT2D eigenvalue weighted by Gasteiger charge is 2.23. The van der Waals surface area contributed by atoms with E-state index in [1.54, 1.807) is 11.3 Å². The fourth-order valence-corrected chi connectivity index (χ4v) is 4.57. The Bertz CT molecular complexity index is 762. The van der Waals surface area contributed by atoms with Crippen LogP contribution in [0.5, 0.6) is 0 Å². The predicted octanol–water partition coefficient (Wildman–Crippen LogP) is 3.71. The molecular formula is C16H17N3OS.